The van der Waals surface area contributed by atoms with Crippen LogP contribution >= 0.6 is 0 Å². The molecule has 1 aliphatic rings. The van der Waals surface area contributed by atoms with Gasteiger partial charge >= 0.3 is 18.2 Å². The zero-order valence-electron chi connectivity index (χ0n) is 35.0. The highest BCUT2D eigenvalue weighted by Crippen LogP contribution is 2.44. The molecule has 4 rings (SSSR count). The van der Waals surface area contributed by atoms with Crippen LogP contribution in [0.4, 0.5) is 20.1 Å². The molecule has 0 spiro atoms. The SMILES string of the molecule is CC(C)[C@H](NC(=O)[C@H](CCCCNC(=O)OC(C)(C)C)NC(=O)OCC1c2ccccc2-c2ccccc21)C(=O)N[C@@H](CCCNC(N)=O)C(=O)Nc1ccc(CO)cc1. The van der Waals surface area contributed by atoms with Crippen molar-refractivity contribution in [1.29, 1.82) is 0 Å². The van der Waals surface area contributed by atoms with Crippen molar-refractivity contribution < 1.29 is 43.3 Å². The minimum absolute atomic E-state index is 0.0228. The molecule has 9 N–H and O–H groups in total. The topological polar surface area (TPSA) is 239 Å². The molecule has 0 fully saturated rings. The molecule has 324 valence electrons. The molecule has 3 atom stereocenters. The van der Waals surface area contributed by atoms with Gasteiger partial charge in [-0.05, 0) is 98.7 Å². The molecule has 0 unspecified atom stereocenters. The second kappa shape index (κ2) is 22.3. The van der Waals surface area contributed by atoms with E-state index in [9.17, 15) is 33.9 Å². The molecule has 3 aromatic carbocycles. The van der Waals surface area contributed by atoms with E-state index in [0.717, 1.165) is 22.3 Å². The van der Waals surface area contributed by atoms with Gasteiger partial charge in [-0.15, -0.1) is 0 Å². The molecule has 16 heteroatoms. The van der Waals surface area contributed by atoms with Crippen LogP contribution in [0.1, 0.15) is 89.3 Å². The lowest BCUT2D eigenvalue weighted by atomic mass is 9.98. The highest BCUT2D eigenvalue weighted by atomic mass is 16.6. The summed E-state index contributed by atoms with van der Waals surface area (Å²) in [6.07, 6.45) is 0.0149. The molecule has 3 aromatic rings. The number of fused-ring (bicyclic) bond motifs is 3. The first kappa shape index (κ1) is 46.5. The van der Waals surface area contributed by atoms with Crippen molar-refractivity contribution in [1.82, 2.24) is 26.6 Å². The minimum Gasteiger partial charge on any atom is -0.449 e. The van der Waals surface area contributed by atoms with E-state index in [2.05, 4.69) is 31.9 Å². The van der Waals surface area contributed by atoms with Gasteiger partial charge in [-0.1, -0.05) is 74.5 Å². The van der Waals surface area contributed by atoms with E-state index in [1.54, 1.807) is 58.9 Å². The second-order valence-corrected chi connectivity index (χ2v) is 16.0. The van der Waals surface area contributed by atoms with Gasteiger partial charge in [0.1, 0.15) is 30.3 Å². The van der Waals surface area contributed by atoms with Crippen molar-refractivity contribution in [3.05, 3.63) is 89.5 Å². The molecule has 0 bridgehead atoms. The van der Waals surface area contributed by atoms with Gasteiger partial charge < -0.3 is 52.2 Å². The minimum atomic E-state index is -1.13. The monoisotopic (exact) mass is 829 g/mol. The summed E-state index contributed by atoms with van der Waals surface area (Å²) in [6.45, 7) is 9.00. The number of alkyl carbamates (subject to hydrolysis) is 2. The third-order valence-electron chi connectivity index (χ3n) is 9.79. The number of primary amides is 1. The van der Waals surface area contributed by atoms with Gasteiger partial charge in [-0.25, -0.2) is 14.4 Å². The van der Waals surface area contributed by atoms with Gasteiger partial charge in [0.2, 0.25) is 17.7 Å². The average Bonchev–Trinajstić information content (AvgIpc) is 3.52. The lowest BCUT2D eigenvalue weighted by Gasteiger charge is -2.27. The Kier molecular flexibility index (Phi) is 17.3. The van der Waals surface area contributed by atoms with Crippen molar-refractivity contribution in [2.75, 3.05) is 25.0 Å². The van der Waals surface area contributed by atoms with Crippen molar-refractivity contribution in [2.45, 2.75) is 103 Å². The molecule has 60 heavy (non-hydrogen) atoms. The number of unbranched alkanes of at least 4 members (excludes halogenated alkanes) is 1. The molecule has 0 radical (unpaired) electrons. The molecular weight excluding hydrogens is 771 g/mol. The lowest BCUT2D eigenvalue weighted by molar-refractivity contribution is -0.132. The van der Waals surface area contributed by atoms with Crippen molar-refractivity contribution in [3.63, 3.8) is 0 Å². The number of rotatable bonds is 20. The number of carbonyl (C=O) groups is 6. The van der Waals surface area contributed by atoms with Crippen LogP contribution in [0, 0.1) is 5.92 Å². The lowest BCUT2D eigenvalue weighted by Crippen LogP contribution is -2.57. The van der Waals surface area contributed by atoms with Gasteiger partial charge in [-0.3, -0.25) is 14.4 Å². The molecule has 0 heterocycles. The van der Waals surface area contributed by atoms with Crippen LogP contribution in [-0.2, 0) is 30.5 Å². The maximum absolute atomic E-state index is 14.0. The summed E-state index contributed by atoms with van der Waals surface area (Å²) in [5, 5.41) is 25.5. The van der Waals surface area contributed by atoms with Gasteiger partial charge in [0.25, 0.3) is 0 Å². The van der Waals surface area contributed by atoms with Crippen molar-refractivity contribution >= 4 is 41.6 Å². The fourth-order valence-corrected chi connectivity index (χ4v) is 6.79. The Morgan fingerprint density at radius 2 is 1.28 bits per heavy atom. The standard InChI is InChI=1S/C44H59N7O9/c1-27(2)37(40(55)49-35(18-12-24-46-41(45)56)38(53)48-29-21-19-28(25-52)20-22-29)51-39(54)36(17-10-11-23-47-42(57)60-44(3,4)5)50-43(58)59-26-34-32-15-8-6-13-30(32)31-14-7-9-16-33(31)34/h6-9,13-16,19-22,27,34-37,52H,10-12,17-18,23-26H2,1-5H3,(H,47,57)(H,48,53)(H,49,55)(H,50,58)(H,51,54)(H3,45,46,56)/t35-,36-,37-/m0/s1. The normalized spacial score (nSPS) is 13.4. The van der Waals surface area contributed by atoms with E-state index >= 15 is 0 Å². The Morgan fingerprint density at radius 3 is 1.87 bits per heavy atom. The van der Waals surface area contributed by atoms with Crippen LogP contribution in [0.3, 0.4) is 0 Å². The third kappa shape index (κ3) is 14.3. The summed E-state index contributed by atoms with van der Waals surface area (Å²) in [7, 11) is 0. The number of benzene rings is 3. The van der Waals surface area contributed by atoms with E-state index in [1.807, 2.05) is 48.5 Å². The number of hydrogen-bond acceptors (Lipinski definition) is 9. The summed E-state index contributed by atoms with van der Waals surface area (Å²) < 4.78 is 11.0. The third-order valence-corrected chi connectivity index (χ3v) is 9.79. The number of hydrogen-bond donors (Lipinski definition) is 8. The Morgan fingerprint density at radius 1 is 0.700 bits per heavy atom. The molecule has 0 aromatic heterocycles. The van der Waals surface area contributed by atoms with Crippen molar-refractivity contribution in [2.24, 2.45) is 11.7 Å². The number of nitrogens with two attached hydrogens (primary N) is 1. The Balaban J connectivity index is 1.45. The Hall–Kier alpha value is -6.16. The summed E-state index contributed by atoms with van der Waals surface area (Å²) in [5.74, 6) is -2.48. The predicted molar refractivity (Wildman–Crippen MR) is 227 cm³/mol. The fraction of sp³-hybridized carbons (Fsp3) is 0.455. The largest absolute Gasteiger partial charge is 0.449 e. The van der Waals surface area contributed by atoms with E-state index in [-0.39, 0.29) is 45.1 Å². The zero-order chi connectivity index (χ0) is 43.8. The van der Waals surface area contributed by atoms with Gasteiger partial charge in [0.05, 0.1) is 6.61 Å². The second-order valence-electron chi connectivity index (χ2n) is 16.0. The van der Waals surface area contributed by atoms with Crippen LogP contribution in [0.5, 0.6) is 0 Å². The van der Waals surface area contributed by atoms with Crippen LogP contribution in [-0.4, -0.2) is 84.5 Å². The number of carbonyl (C=O) groups excluding carboxylic acids is 6. The number of anilines is 1. The van der Waals surface area contributed by atoms with E-state index in [1.165, 1.54) is 0 Å². The molecule has 16 nitrogen and oxygen atoms in total. The highest BCUT2D eigenvalue weighted by molar-refractivity contribution is 5.99. The molecule has 0 saturated heterocycles. The fourth-order valence-electron chi connectivity index (χ4n) is 6.79. The molecular formula is C44H59N7O9. The number of ether oxygens (including phenoxy) is 2. The van der Waals surface area contributed by atoms with E-state index in [0.29, 0.717) is 30.5 Å². The Bertz CT molecular complexity index is 1900. The maximum atomic E-state index is 14.0. The van der Waals surface area contributed by atoms with Crippen molar-refractivity contribution in [3.8, 4) is 11.1 Å². The molecule has 0 aliphatic heterocycles. The summed E-state index contributed by atoms with van der Waals surface area (Å²) in [4.78, 5) is 78.2. The van der Waals surface area contributed by atoms with Gasteiger partial charge in [0.15, 0.2) is 0 Å². The smallest absolute Gasteiger partial charge is 0.407 e. The molecule has 7 amide bonds. The van der Waals surface area contributed by atoms with Crippen LogP contribution in [0.15, 0.2) is 72.8 Å². The molecule has 0 saturated carbocycles. The first-order valence-corrected chi connectivity index (χ1v) is 20.3. The number of urea groups is 1. The Labute approximate surface area is 351 Å². The summed E-state index contributed by atoms with van der Waals surface area (Å²) >= 11 is 0. The number of amides is 7. The number of aliphatic hydroxyl groups excluding tert-OH is 1. The zero-order valence-corrected chi connectivity index (χ0v) is 35.0. The maximum Gasteiger partial charge on any atom is 0.407 e. The van der Waals surface area contributed by atoms with Gasteiger partial charge in [-0.2, -0.15) is 0 Å². The van der Waals surface area contributed by atoms with Crippen LogP contribution in [0.2, 0.25) is 0 Å². The first-order chi connectivity index (χ1) is 28.6. The van der Waals surface area contributed by atoms with Crippen LogP contribution < -0.4 is 37.6 Å². The number of aliphatic hydroxyl groups is 1. The number of nitrogens with one attached hydrogen (secondary N) is 6. The van der Waals surface area contributed by atoms with Gasteiger partial charge in [0, 0.05) is 24.7 Å². The average molecular weight is 830 g/mol. The first-order valence-electron chi connectivity index (χ1n) is 20.3. The van der Waals surface area contributed by atoms with E-state index in [4.69, 9.17) is 15.2 Å². The summed E-state index contributed by atoms with van der Waals surface area (Å²) in [6, 6.07) is 18.3. The quantitative estimate of drug-likeness (QED) is 0.0730. The summed E-state index contributed by atoms with van der Waals surface area (Å²) in [5.41, 5.74) is 9.79. The molecule has 1 aliphatic carbocycles. The van der Waals surface area contributed by atoms with E-state index < -0.39 is 65.6 Å². The van der Waals surface area contributed by atoms with Crippen LogP contribution in [0.25, 0.3) is 11.1 Å². The highest BCUT2D eigenvalue weighted by Gasteiger charge is 2.33. The predicted octanol–water partition coefficient (Wildman–Crippen LogP) is 4.79.